The molecule has 9 heteroatoms. The number of hydrogen-bond donors (Lipinski definition) is 1. The van der Waals surface area contributed by atoms with Crippen molar-refractivity contribution in [1.29, 1.82) is 0 Å². The Labute approximate surface area is 119 Å². The molecule has 9 nitrogen and oxygen atoms in total. The Kier molecular flexibility index (Phi) is 4.34. The van der Waals surface area contributed by atoms with Gasteiger partial charge in [0.1, 0.15) is 6.54 Å². The zero-order chi connectivity index (χ0) is 15.2. The van der Waals surface area contributed by atoms with Gasteiger partial charge in [0.25, 0.3) is 5.91 Å². The highest BCUT2D eigenvalue weighted by atomic mass is 16.6. The summed E-state index contributed by atoms with van der Waals surface area (Å²) in [6.07, 6.45) is 1.12. The lowest BCUT2D eigenvalue weighted by Gasteiger charge is -2.01. The molecule has 0 aliphatic carbocycles. The second-order valence-electron chi connectivity index (χ2n) is 4.10. The molecule has 0 unspecified atom stereocenters. The lowest BCUT2D eigenvalue weighted by Crippen LogP contribution is -2.24. The van der Waals surface area contributed by atoms with Crippen LogP contribution in [0, 0.1) is 10.1 Å². The van der Waals surface area contributed by atoms with Crippen LogP contribution < -0.4 is 5.43 Å². The van der Waals surface area contributed by atoms with E-state index in [4.69, 9.17) is 0 Å². The van der Waals surface area contributed by atoms with Crippen LogP contribution in [0.4, 0.5) is 5.95 Å². The van der Waals surface area contributed by atoms with Crippen molar-refractivity contribution in [1.82, 2.24) is 20.2 Å². The van der Waals surface area contributed by atoms with Crippen LogP contribution in [0.25, 0.3) is 0 Å². The van der Waals surface area contributed by atoms with Crippen LogP contribution in [0.15, 0.2) is 41.8 Å². The average molecular weight is 288 g/mol. The molecule has 0 atom stereocenters. The second kappa shape index (κ2) is 6.37. The molecule has 1 amide bonds. The normalized spacial score (nSPS) is 11.2. The summed E-state index contributed by atoms with van der Waals surface area (Å²) in [6, 6.07) is 9.35. The number of amides is 1. The average Bonchev–Trinajstić information content (AvgIpc) is 2.94. The summed E-state index contributed by atoms with van der Waals surface area (Å²) in [7, 11) is 0. The Morgan fingerprint density at radius 1 is 1.43 bits per heavy atom. The third kappa shape index (κ3) is 3.93. The number of hydrogen-bond acceptors (Lipinski definition) is 6. The van der Waals surface area contributed by atoms with E-state index in [0.29, 0.717) is 5.71 Å². The minimum atomic E-state index is -0.730. The van der Waals surface area contributed by atoms with Gasteiger partial charge < -0.3 is 10.1 Å². The van der Waals surface area contributed by atoms with E-state index < -0.39 is 16.8 Å². The SMILES string of the molecule is C/C(=N/NC(=O)Cn1cnc([N+](=O)[O-])n1)c1ccccc1. The van der Waals surface area contributed by atoms with Crippen molar-refractivity contribution in [3.05, 3.63) is 52.3 Å². The maximum Gasteiger partial charge on any atom is 0.490 e. The summed E-state index contributed by atoms with van der Waals surface area (Å²) in [4.78, 5) is 24.8. The molecule has 1 aromatic heterocycles. The van der Waals surface area contributed by atoms with E-state index in [-0.39, 0.29) is 6.54 Å². The van der Waals surface area contributed by atoms with Crippen LogP contribution >= 0.6 is 0 Å². The van der Waals surface area contributed by atoms with E-state index in [1.165, 1.54) is 0 Å². The molecule has 0 fully saturated rings. The Hall–Kier alpha value is -3.10. The predicted molar refractivity (Wildman–Crippen MR) is 73.5 cm³/mol. The first-order valence-corrected chi connectivity index (χ1v) is 5.98. The molecule has 0 saturated heterocycles. The molecule has 1 heterocycles. The molecule has 1 N–H and O–H groups in total. The summed E-state index contributed by atoms with van der Waals surface area (Å²) < 4.78 is 1.07. The first kappa shape index (κ1) is 14.3. The van der Waals surface area contributed by atoms with Crippen molar-refractivity contribution in [2.24, 2.45) is 5.10 Å². The maximum absolute atomic E-state index is 11.7. The van der Waals surface area contributed by atoms with Crippen molar-refractivity contribution in [2.75, 3.05) is 0 Å². The minimum Gasteiger partial charge on any atom is -0.390 e. The minimum absolute atomic E-state index is 0.202. The number of hydrazone groups is 1. The molecule has 0 bridgehead atoms. The fourth-order valence-corrected chi connectivity index (χ4v) is 1.52. The molecule has 0 aliphatic heterocycles. The van der Waals surface area contributed by atoms with Gasteiger partial charge >= 0.3 is 5.95 Å². The van der Waals surface area contributed by atoms with Gasteiger partial charge in [0, 0.05) is 5.10 Å². The van der Waals surface area contributed by atoms with E-state index in [0.717, 1.165) is 16.6 Å². The third-order valence-electron chi connectivity index (χ3n) is 2.53. The van der Waals surface area contributed by atoms with Gasteiger partial charge in [-0.2, -0.15) is 9.78 Å². The summed E-state index contributed by atoms with van der Waals surface area (Å²) in [6.45, 7) is 1.56. The molecule has 0 aliphatic rings. The first-order chi connectivity index (χ1) is 10.1. The van der Waals surface area contributed by atoms with E-state index in [1.54, 1.807) is 6.92 Å². The van der Waals surface area contributed by atoms with Gasteiger partial charge in [-0.3, -0.25) is 4.79 Å². The summed E-state index contributed by atoms with van der Waals surface area (Å²) in [5.41, 5.74) is 3.89. The van der Waals surface area contributed by atoms with Crippen molar-refractivity contribution < 1.29 is 9.72 Å². The fourth-order valence-electron chi connectivity index (χ4n) is 1.52. The smallest absolute Gasteiger partial charge is 0.390 e. The zero-order valence-corrected chi connectivity index (χ0v) is 11.1. The number of nitro groups is 1. The van der Waals surface area contributed by atoms with Crippen LogP contribution in [0.2, 0.25) is 0 Å². The fraction of sp³-hybridized carbons (Fsp3) is 0.167. The molecule has 108 valence electrons. The van der Waals surface area contributed by atoms with Crippen molar-refractivity contribution in [3.8, 4) is 0 Å². The third-order valence-corrected chi connectivity index (χ3v) is 2.53. The Bertz CT molecular complexity index is 679. The molecule has 0 radical (unpaired) electrons. The van der Waals surface area contributed by atoms with Gasteiger partial charge in [-0.15, -0.1) is 0 Å². The lowest BCUT2D eigenvalue weighted by molar-refractivity contribution is -0.394. The first-order valence-electron chi connectivity index (χ1n) is 5.98. The van der Waals surface area contributed by atoms with E-state index in [9.17, 15) is 14.9 Å². The Morgan fingerprint density at radius 3 is 2.76 bits per heavy atom. The topological polar surface area (TPSA) is 115 Å². The zero-order valence-electron chi connectivity index (χ0n) is 11.1. The molecular weight excluding hydrogens is 276 g/mol. The lowest BCUT2D eigenvalue weighted by atomic mass is 10.1. The highest BCUT2D eigenvalue weighted by Gasteiger charge is 2.14. The summed E-state index contributed by atoms with van der Waals surface area (Å²) in [5, 5.41) is 17.9. The van der Waals surface area contributed by atoms with Gasteiger partial charge in [0.2, 0.25) is 6.33 Å². The van der Waals surface area contributed by atoms with E-state index in [2.05, 4.69) is 20.6 Å². The largest absolute Gasteiger partial charge is 0.490 e. The number of aromatic nitrogens is 3. The molecule has 2 aromatic rings. The molecule has 1 aromatic carbocycles. The predicted octanol–water partition coefficient (Wildman–Crippen LogP) is 0.727. The number of nitrogens with zero attached hydrogens (tertiary/aromatic N) is 5. The number of benzene rings is 1. The van der Waals surface area contributed by atoms with Gasteiger partial charge in [0.15, 0.2) is 0 Å². The standard InChI is InChI=1S/C12H12N6O3/c1-9(10-5-3-2-4-6-10)14-15-11(19)7-17-8-13-12(16-17)18(20)21/h2-6,8H,7H2,1H3,(H,15,19)/b14-9-. The second-order valence-corrected chi connectivity index (χ2v) is 4.10. The number of nitrogens with one attached hydrogen (secondary N) is 1. The quantitative estimate of drug-likeness (QED) is 0.494. The number of carbonyl (C=O) groups excluding carboxylic acids is 1. The Balaban J connectivity index is 1.94. The van der Waals surface area contributed by atoms with E-state index in [1.807, 2.05) is 30.3 Å². The van der Waals surface area contributed by atoms with Gasteiger partial charge in [-0.25, -0.2) is 5.43 Å². The van der Waals surface area contributed by atoms with Gasteiger partial charge in [-0.05, 0) is 17.4 Å². The molecule has 21 heavy (non-hydrogen) atoms. The van der Waals surface area contributed by atoms with Crippen LogP contribution in [0.5, 0.6) is 0 Å². The summed E-state index contributed by atoms with van der Waals surface area (Å²) in [5.74, 6) is -1.00. The summed E-state index contributed by atoms with van der Waals surface area (Å²) >= 11 is 0. The number of rotatable bonds is 5. The molecule has 0 saturated carbocycles. The van der Waals surface area contributed by atoms with Crippen LogP contribution in [-0.4, -0.2) is 31.3 Å². The van der Waals surface area contributed by atoms with Crippen molar-refractivity contribution in [3.63, 3.8) is 0 Å². The maximum atomic E-state index is 11.7. The molecular formula is C12H12N6O3. The van der Waals surface area contributed by atoms with Gasteiger partial charge in [0.05, 0.1) is 5.71 Å². The molecule has 2 rings (SSSR count). The highest BCUT2D eigenvalue weighted by molar-refractivity contribution is 5.99. The number of carbonyl (C=O) groups is 1. The van der Waals surface area contributed by atoms with Crippen molar-refractivity contribution in [2.45, 2.75) is 13.5 Å². The van der Waals surface area contributed by atoms with Gasteiger partial charge in [-0.1, -0.05) is 35.3 Å². The van der Waals surface area contributed by atoms with Crippen molar-refractivity contribution >= 4 is 17.6 Å². The Morgan fingerprint density at radius 2 is 2.14 bits per heavy atom. The van der Waals surface area contributed by atoms with Crippen LogP contribution in [0.3, 0.4) is 0 Å². The molecule has 0 spiro atoms. The van der Waals surface area contributed by atoms with Crippen LogP contribution in [0.1, 0.15) is 12.5 Å². The monoisotopic (exact) mass is 288 g/mol. The highest BCUT2D eigenvalue weighted by Crippen LogP contribution is 2.01. The van der Waals surface area contributed by atoms with E-state index >= 15 is 0 Å². The van der Waals surface area contributed by atoms with Crippen LogP contribution in [-0.2, 0) is 11.3 Å².